The van der Waals surface area contributed by atoms with Gasteiger partial charge in [0, 0.05) is 6.54 Å². The van der Waals surface area contributed by atoms with E-state index in [2.05, 4.69) is 22.1 Å². The standard InChI is InChI=1S/C7H12N4/c1-3-4-11-6-9-10-7(11)5-8-2/h3,6,8H,1,4-5H2,2H3. The van der Waals surface area contributed by atoms with Crippen molar-refractivity contribution in [3.05, 3.63) is 24.8 Å². The van der Waals surface area contributed by atoms with Crippen molar-refractivity contribution in [1.82, 2.24) is 20.1 Å². The molecule has 11 heavy (non-hydrogen) atoms. The van der Waals surface area contributed by atoms with Crippen molar-refractivity contribution >= 4 is 0 Å². The van der Waals surface area contributed by atoms with Gasteiger partial charge in [-0.05, 0) is 7.05 Å². The zero-order valence-electron chi connectivity index (χ0n) is 6.62. The van der Waals surface area contributed by atoms with Crippen LogP contribution in [-0.4, -0.2) is 21.8 Å². The molecule has 0 radical (unpaired) electrons. The fraction of sp³-hybridized carbons (Fsp3) is 0.429. The summed E-state index contributed by atoms with van der Waals surface area (Å²) in [5, 5.41) is 10.7. The molecule has 1 aromatic heterocycles. The van der Waals surface area contributed by atoms with Crippen LogP contribution in [-0.2, 0) is 13.1 Å². The van der Waals surface area contributed by atoms with E-state index in [4.69, 9.17) is 0 Å². The molecule has 0 fully saturated rings. The minimum absolute atomic E-state index is 0.744. The van der Waals surface area contributed by atoms with Crippen molar-refractivity contribution in [2.45, 2.75) is 13.1 Å². The maximum atomic E-state index is 3.93. The second-order valence-electron chi connectivity index (χ2n) is 2.22. The molecule has 0 atom stereocenters. The Bertz CT molecular complexity index is 228. The summed E-state index contributed by atoms with van der Waals surface area (Å²) in [6.45, 7) is 5.15. The van der Waals surface area contributed by atoms with Crippen LogP contribution in [0.4, 0.5) is 0 Å². The molecule has 0 aliphatic heterocycles. The van der Waals surface area contributed by atoms with Crippen LogP contribution >= 0.6 is 0 Å². The molecule has 60 valence electrons. The van der Waals surface area contributed by atoms with Crippen LogP contribution in [0.2, 0.25) is 0 Å². The van der Waals surface area contributed by atoms with Gasteiger partial charge in [0.05, 0.1) is 6.54 Å². The van der Waals surface area contributed by atoms with E-state index in [1.165, 1.54) is 0 Å². The van der Waals surface area contributed by atoms with Crippen LogP contribution in [0.1, 0.15) is 5.82 Å². The molecular weight excluding hydrogens is 140 g/mol. The monoisotopic (exact) mass is 152 g/mol. The van der Waals surface area contributed by atoms with Gasteiger partial charge in [-0.3, -0.25) is 0 Å². The molecule has 0 saturated heterocycles. The number of hydrogen-bond acceptors (Lipinski definition) is 3. The van der Waals surface area contributed by atoms with Gasteiger partial charge in [-0.25, -0.2) is 0 Å². The maximum Gasteiger partial charge on any atom is 0.147 e. The lowest BCUT2D eigenvalue weighted by Gasteiger charge is -2.00. The van der Waals surface area contributed by atoms with Crippen molar-refractivity contribution in [1.29, 1.82) is 0 Å². The van der Waals surface area contributed by atoms with Crippen LogP contribution < -0.4 is 5.32 Å². The number of allylic oxidation sites excluding steroid dienone is 1. The minimum Gasteiger partial charge on any atom is -0.313 e. The Morgan fingerprint density at radius 3 is 3.27 bits per heavy atom. The first-order chi connectivity index (χ1) is 5.38. The van der Waals surface area contributed by atoms with Gasteiger partial charge in [-0.2, -0.15) is 0 Å². The Hall–Kier alpha value is -1.16. The molecule has 0 aliphatic rings. The summed E-state index contributed by atoms with van der Waals surface area (Å²) in [6.07, 6.45) is 3.52. The Morgan fingerprint density at radius 2 is 2.64 bits per heavy atom. The summed E-state index contributed by atoms with van der Waals surface area (Å²) in [6, 6.07) is 0. The highest BCUT2D eigenvalue weighted by atomic mass is 15.3. The highest BCUT2D eigenvalue weighted by Crippen LogP contribution is 1.93. The first-order valence-electron chi connectivity index (χ1n) is 3.50. The summed E-state index contributed by atoms with van der Waals surface area (Å²) >= 11 is 0. The van der Waals surface area contributed by atoms with Gasteiger partial charge in [-0.15, -0.1) is 16.8 Å². The predicted molar refractivity (Wildman–Crippen MR) is 43.0 cm³/mol. The fourth-order valence-electron chi connectivity index (χ4n) is 0.866. The Labute approximate surface area is 65.9 Å². The van der Waals surface area contributed by atoms with E-state index in [9.17, 15) is 0 Å². The third-order valence-corrected chi connectivity index (χ3v) is 1.36. The van der Waals surface area contributed by atoms with Gasteiger partial charge in [-0.1, -0.05) is 6.08 Å². The Morgan fingerprint density at radius 1 is 1.82 bits per heavy atom. The smallest absolute Gasteiger partial charge is 0.147 e. The van der Waals surface area contributed by atoms with Crippen LogP contribution in [0.15, 0.2) is 19.0 Å². The number of rotatable bonds is 4. The van der Waals surface area contributed by atoms with Crippen LogP contribution in [0, 0.1) is 0 Å². The molecule has 0 aliphatic carbocycles. The summed E-state index contributed by atoms with van der Waals surface area (Å²) in [4.78, 5) is 0. The number of nitrogens with one attached hydrogen (secondary N) is 1. The topological polar surface area (TPSA) is 42.7 Å². The van der Waals surface area contributed by atoms with Crippen LogP contribution in [0.3, 0.4) is 0 Å². The summed E-state index contributed by atoms with van der Waals surface area (Å²) in [5.74, 6) is 0.937. The second kappa shape index (κ2) is 3.88. The Balaban J connectivity index is 2.69. The van der Waals surface area contributed by atoms with Gasteiger partial charge < -0.3 is 9.88 Å². The molecular formula is C7H12N4. The van der Waals surface area contributed by atoms with Gasteiger partial charge in [0.1, 0.15) is 12.2 Å². The quantitative estimate of drug-likeness (QED) is 0.626. The summed E-state index contributed by atoms with van der Waals surface area (Å²) in [5.41, 5.74) is 0. The van der Waals surface area contributed by atoms with E-state index in [1.54, 1.807) is 6.33 Å². The van der Waals surface area contributed by atoms with Crippen molar-refractivity contribution in [2.75, 3.05) is 7.05 Å². The third-order valence-electron chi connectivity index (χ3n) is 1.36. The van der Waals surface area contributed by atoms with Gasteiger partial charge in [0.25, 0.3) is 0 Å². The van der Waals surface area contributed by atoms with Crippen LogP contribution in [0.25, 0.3) is 0 Å². The van der Waals surface area contributed by atoms with E-state index >= 15 is 0 Å². The van der Waals surface area contributed by atoms with E-state index in [0.29, 0.717) is 0 Å². The first-order valence-corrected chi connectivity index (χ1v) is 3.50. The van der Waals surface area contributed by atoms with Crippen LogP contribution in [0.5, 0.6) is 0 Å². The predicted octanol–water partition coefficient (Wildman–Crippen LogP) is 0.183. The molecule has 4 nitrogen and oxygen atoms in total. The van der Waals surface area contributed by atoms with Crippen molar-refractivity contribution < 1.29 is 0 Å². The molecule has 0 amide bonds. The lowest BCUT2D eigenvalue weighted by Crippen LogP contribution is -2.11. The average molecular weight is 152 g/mol. The number of nitrogens with zero attached hydrogens (tertiary/aromatic N) is 3. The summed E-state index contributed by atoms with van der Waals surface area (Å²) < 4.78 is 1.95. The van der Waals surface area contributed by atoms with Crippen molar-refractivity contribution in [3.8, 4) is 0 Å². The largest absolute Gasteiger partial charge is 0.313 e. The highest BCUT2D eigenvalue weighted by molar-refractivity contribution is 4.87. The normalized spacial score (nSPS) is 9.91. The fourth-order valence-corrected chi connectivity index (χ4v) is 0.866. The molecule has 1 rings (SSSR count). The third kappa shape index (κ3) is 1.88. The molecule has 4 heteroatoms. The van der Waals surface area contributed by atoms with Crippen molar-refractivity contribution in [3.63, 3.8) is 0 Å². The van der Waals surface area contributed by atoms with E-state index in [0.717, 1.165) is 18.9 Å². The molecule has 0 bridgehead atoms. The van der Waals surface area contributed by atoms with Gasteiger partial charge in [0.15, 0.2) is 0 Å². The number of aromatic nitrogens is 3. The lowest BCUT2D eigenvalue weighted by atomic mass is 10.5. The molecule has 0 spiro atoms. The molecule has 1 heterocycles. The average Bonchev–Trinajstić information content (AvgIpc) is 2.39. The van der Waals surface area contributed by atoms with E-state index in [-0.39, 0.29) is 0 Å². The van der Waals surface area contributed by atoms with E-state index in [1.807, 2.05) is 17.7 Å². The number of hydrogen-bond donors (Lipinski definition) is 1. The van der Waals surface area contributed by atoms with Crippen molar-refractivity contribution in [2.24, 2.45) is 0 Å². The highest BCUT2D eigenvalue weighted by Gasteiger charge is 1.98. The maximum absolute atomic E-state index is 3.93. The molecule has 1 aromatic rings. The summed E-state index contributed by atoms with van der Waals surface area (Å²) in [7, 11) is 1.88. The van der Waals surface area contributed by atoms with E-state index < -0.39 is 0 Å². The first kappa shape index (κ1) is 7.94. The lowest BCUT2D eigenvalue weighted by molar-refractivity contribution is 0.681. The van der Waals surface area contributed by atoms with Gasteiger partial charge >= 0.3 is 0 Å². The zero-order chi connectivity index (χ0) is 8.10. The Kier molecular flexibility index (Phi) is 2.80. The van der Waals surface area contributed by atoms with Gasteiger partial charge in [0.2, 0.25) is 0 Å². The molecule has 0 unspecified atom stereocenters. The second-order valence-corrected chi connectivity index (χ2v) is 2.22. The molecule has 0 saturated carbocycles. The molecule has 0 aromatic carbocycles. The molecule has 1 N–H and O–H groups in total. The SMILES string of the molecule is C=CCn1cnnc1CNC. The zero-order valence-corrected chi connectivity index (χ0v) is 6.62. The minimum atomic E-state index is 0.744.